The van der Waals surface area contributed by atoms with Crippen LogP contribution < -0.4 is 0 Å². The molecule has 1 heterocycles. The molecule has 2 rings (SSSR count). The van der Waals surface area contributed by atoms with E-state index >= 15 is 0 Å². The molecule has 0 aromatic carbocycles. The summed E-state index contributed by atoms with van der Waals surface area (Å²) in [6.07, 6.45) is 6.09. The molecule has 2 nitrogen and oxygen atoms in total. The van der Waals surface area contributed by atoms with Gasteiger partial charge in [-0.15, -0.1) is 0 Å². The molecule has 2 aliphatic rings. The van der Waals surface area contributed by atoms with Crippen LogP contribution in [0.1, 0.15) is 59.8 Å². The Morgan fingerprint density at radius 3 is 1.94 bits per heavy atom. The fraction of sp³-hybridized carbons (Fsp3) is 0.933. The summed E-state index contributed by atoms with van der Waals surface area (Å²) in [5.74, 6) is 0. The quantitative estimate of drug-likeness (QED) is 0.728. The minimum atomic E-state index is 0.0292. The van der Waals surface area contributed by atoms with Crippen LogP contribution in [0.5, 0.6) is 0 Å². The molecule has 0 unspecified atom stereocenters. The number of rotatable bonds is 2. The van der Waals surface area contributed by atoms with E-state index in [1.807, 2.05) is 13.8 Å². The van der Waals surface area contributed by atoms with Crippen LogP contribution in [0.15, 0.2) is 0 Å². The van der Waals surface area contributed by atoms with Gasteiger partial charge >= 0.3 is 0 Å². The van der Waals surface area contributed by atoms with Crippen molar-refractivity contribution in [1.82, 2.24) is 4.90 Å². The minimum Gasteiger partial charge on any atom is -0.302 e. The van der Waals surface area contributed by atoms with E-state index in [-0.39, 0.29) is 5.41 Å². The molecule has 1 saturated heterocycles. The Balaban J connectivity index is 0.000000686. The van der Waals surface area contributed by atoms with E-state index in [1.54, 1.807) is 0 Å². The summed E-state index contributed by atoms with van der Waals surface area (Å²) >= 11 is 0. The highest BCUT2D eigenvalue weighted by Gasteiger charge is 2.39. The average Bonchev–Trinajstić information content (AvgIpc) is 2.28. The van der Waals surface area contributed by atoms with Crippen molar-refractivity contribution in [3.05, 3.63) is 0 Å². The van der Waals surface area contributed by atoms with Crippen LogP contribution >= 0.6 is 0 Å². The lowest BCUT2D eigenvalue weighted by atomic mass is 9.69. The van der Waals surface area contributed by atoms with Crippen molar-refractivity contribution in [3.63, 3.8) is 0 Å². The van der Waals surface area contributed by atoms with Gasteiger partial charge in [-0.25, -0.2) is 0 Å². The van der Waals surface area contributed by atoms with E-state index in [0.29, 0.717) is 5.41 Å². The summed E-state index contributed by atoms with van der Waals surface area (Å²) in [6, 6.07) is 2.54. The maximum Gasteiger partial charge on any atom is 0.0703 e. The van der Waals surface area contributed by atoms with Crippen LogP contribution in [0.3, 0.4) is 0 Å². The molecular formula is C15H28N2. The van der Waals surface area contributed by atoms with Crippen molar-refractivity contribution in [3.8, 4) is 6.07 Å². The van der Waals surface area contributed by atoms with Crippen molar-refractivity contribution >= 4 is 0 Å². The molecule has 0 spiro atoms. The van der Waals surface area contributed by atoms with Crippen LogP contribution in [0.4, 0.5) is 0 Å². The van der Waals surface area contributed by atoms with Gasteiger partial charge in [0.05, 0.1) is 11.5 Å². The lowest BCUT2D eigenvalue weighted by Crippen LogP contribution is -2.46. The third-order valence-electron chi connectivity index (χ3n) is 4.28. The fourth-order valence-electron chi connectivity index (χ4n) is 2.65. The summed E-state index contributed by atoms with van der Waals surface area (Å²) in [4.78, 5) is 2.51. The van der Waals surface area contributed by atoms with Gasteiger partial charge in [0.25, 0.3) is 0 Å². The highest BCUT2D eigenvalue weighted by Crippen LogP contribution is 2.42. The first-order valence-electron chi connectivity index (χ1n) is 7.19. The SMILES string of the molecule is CC.CC1(C)CCN(CC2(C#N)CCC2)CC1. The van der Waals surface area contributed by atoms with Gasteiger partial charge in [0.1, 0.15) is 0 Å². The van der Waals surface area contributed by atoms with Crippen molar-refractivity contribution in [2.24, 2.45) is 10.8 Å². The zero-order chi connectivity index (χ0) is 12.9. The molecule has 0 N–H and O–H groups in total. The Morgan fingerprint density at radius 2 is 1.59 bits per heavy atom. The summed E-state index contributed by atoms with van der Waals surface area (Å²) in [5.41, 5.74) is 0.553. The third-order valence-corrected chi connectivity index (χ3v) is 4.28. The molecule has 0 atom stereocenters. The predicted molar refractivity (Wildman–Crippen MR) is 72.7 cm³/mol. The van der Waals surface area contributed by atoms with Gasteiger partial charge in [0.15, 0.2) is 0 Å². The second-order valence-corrected chi connectivity index (χ2v) is 6.19. The van der Waals surface area contributed by atoms with Gasteiger partial charge in [-0.05, 0) is 44.2 Å². The fourth-order valence-corrected chi connectivity index (χ4v) is 2.65. The second kappa shape index (κ2) is 5.87. The molecule has 2 heteroatoms. The lowest BCUT2D eigenvalue weighted by molar-refractivity contribution is 0.0696. The molecule has 0 radical (unpaired) electrons. The monoisotopic (exact) mass is 236 g/mol. The first-order valence-corrected chi connectivity index (χ1v) is 7.19. The van der Waals surface area contributed by atoms with Gasteiger partial charge in [-0.3, -0.25) is 0 Å². The smallest absolute Gasteiger partial charge is 0.0703 e. The highest BCUT2D eigenvalue weighted by molar-refractivity contribution is 5.06. The van der Waals surface area contributed by atoms with Crippen LogP contribution in [-0.2, 0) is 0 Å². The van der Waals surface area contributed by atoms with Crippen molar-refractivity contribution in [1.29, 1.82) is 5.26 Å². The molecule has 0 aromatic rings. The molecule has 17 heavy (non-hydrogen) atoms. The number of nitrogens with zero attached hydrogens (tertiary/aromatic N) is 2. The highest BCUT2D eigenvalue weighted by atomic mass is 15.1. The van der Waals surface area contributed by atoms with Gasteiger partial charge in [-0.1, -0.05) is 34.1 Å². The van der Waals surface area contributed by atoms with Crippen LogP contribution in [-0.4, -0.2) is 24.5 Å². The average molecular weight is 236 g/mol. The molecule has 0 aromatic heterocycles. The Hall–Kier alpha value is -0.550. The van der Waals surface area contributed by atoms with E-state index in [1.165, 1.54) is 32.4 Å². The largest absolute Gasteiger partial charge is 0.302 e. The summed E-state index contributed by atoms with van der Waals surface area (Å²) in [5, 5.41) is 9.19. The molecule has 1 aliphatic heterocycles. The Kier molecular flexibility index (Phi) is 5.01. The minimum absolute atomic E-state index is 0.0292. The summed E-state index contributed by atoms with van der Waals surface area (Å²) < 4.78 is 0. The van der Waals surface area contributed by atoms with E-state index in [9.17, 15) is 5.26 Å². The maximum absolute atomic E-state index is 9.19. The number of piperidine rings is 1. The van der Waals surface area contributed by atoms with Gasteiger partial charge < -0.3 is 4.90 Å². The molecule has 0 bridgehead atoms. The number of nitriles is 1. The molecule has 1 aliphatic carbocycles. The van der Waals surface area contributed by atoms with Crippen LogP contribution in [0, 0.1) is 22.2 Å². The third kappa shape index (κ3) is 3.71. The first-order chi connectivity index (χ1) is 8.05. The van der Waals surface area contributed by atoms with Crippen molar-refractivity contribution < 1.29 is 0 Å². The Morgan fingerprint density at radius 1 is 1.06 bits per heavy atom. The molecule has 98 valence electrons. The zero-order valence-corrected chi connectivity index (χ0v) is 12.1. The molecular weight excluding hydrogens is 208 g/mol. The van der Waals surface area contributed by atoms with Gasteiger partial charge in [-0.2, -0.15) is 5.26 Å². The van der Waals surface area contributed by atoms with Crippen molar-refractivity contribution in [2.75, 3.05) is 19.6 Å². The molecule has 0 amide bonds. The van der Waals surface area contributed by atoms with Gasteiger partial charge in [0, 0.05) is 6.54 Å². The van der Waals surface area contributed by atoms with Gasteiger partial charge in [0.2, 0.25) is 0 Å². The van der Waals surface area contributed by atoms with E-state index in [2.05, 4.69) is 24.8 Å². The van der Waals surface area contributed by atoms with Crippen molar-refractivity contribution in [2.45, 2.75) is 59.8 Å². The first kappa shape index (κ1) is 14.5. The Labute approximate surface area is 107 Å². The topological polar surface area (TPSA) is 27.0 Å². The Bertz CT molecular complexity index is 261. The number of likely N-dealkylation sites (tertiary alicyclic amines) is 1. The zero-order valence-electron chi connectivity index (χ0n) is 12.1. The maximum atomic E-state index is 9.19. The van der Waals surface area contributed by atoms with E-state index < -0.39 is 0 Å². The number of hydrogen-bond acceptors (Lipinski definition) is 2. The molecule has 2 fully saturated rings. The van der Waals surface area contributed by atoms with E-state index in [4.69, 9.17) is 0 Å². The standard InChI is InChI=1S/C13H22N2.C2H6/c1-12(2)6-8-15(9-7-12)11-13(10-14)4-3-5-13;1-2/h3-9,11H2,1-2H3;1-2H3. The summed E-state index contributed by atoms with van der Waals surface area (Å²) in [6.45, 7) is 12.1. The second-order valence-electron chi connectivity index (χ2n) is 6.19. The lowest BCUT2D eigenvalue weighted by Gasteiger charge is -2.43. The molecule has 1 saturated carbocycles. The van der Waals surface area contributed by atoms with E-state index in [0.717, 1.165) is 19.4 Å². The number of hydrogen-bond donors (Lipinski definition) is 0. The predicted octanol–water partition coefficient (Wildman–Crippen LogP) is 3.83. The summed E-state index contributed by atoms with van der Waals surface area (Å²) in [7, 11) is 0. The van der Waals surface area contributed by atoms with Crippen LogP contribution in [0.25, 0.3) is 0 Å². The van der Waals surface area contributed by atoms with Crippen LogP contribution in [0.2, 0.25) is 0 Å². The normalized spacial score (nSPS) is 26.1.